The van der Waals surface area contributed by atoms with Crippen molar-refractivity contribution in [1.29, 1.82) is 0 Å². The Morgan fingerprint density at radius 2 is 2.22 bits per heavy atom. The monoisotopic (exact) mass is 320 g/mol. The number of aromatic nitrogens is 4. The highest BCUT2D eigenvalue weighted by molar-refractivity contribution is 5.82. The standard InChI is InChI=1S/C13H16N6O4/c1-2-3-22-9-8(21)6(4-20)23-12(9)19-5-16-7-10(14)17-13(15)18-11(7)19/h1,5-6,8-9,12,20-21H,3-4H2,(H4,14,15,17,18)/t6-,8-,9-,12-/m1/s1. The average Bonchev–Trinajstić information content (AvgIpc) is 3.06. The molecule has 1 saturated heterocycles. The molecular weight excluding hydrogens is 304 g/mol. The highest BCUT2D eigenvalue weighted by Gasteiger charge is 2.45. The van der Waals surface area contributed by atoms with Crippen molar-refractivity contribution >= 4 is 22.9 Å². The zero-order valence-electron chi connectivity index (χ0n) is 12.0. The number of nitrogens with two attached hydrogens (primary N) is 2. The molecule has 3 rings (SSSR count). The van der Waals surface area contributed by atoms with Gasteiger partial charge in [-0.3, -0.25) is 4.57 Å². The summed E-state index contributed by atoms with van der Waals surface area (Å²) in [5.74, 6) is 2.44. The van der Waals surface area contributed by atoms with Gasteiger partial charge in [0.2, 0.25) is 5.95 Å². The molecule has 6 N–H and O–H groups in total. The lowest BCUT2D eigenvalue weighted by atomic mass is 10.1. The van der Waals surface area contributed by atoms with Crippen molar-refractivity contribution in [2.75, 3.05) is 24.7 Å². The van der Waals surface area contributed by atoms with Crippen LogP contribution in [-0.4, -0.2) is 61.3 Å². The van der Waals surface area contributed by atoms with Crippen LogP contribution < -0.4 is 11.5 Å². The van der Waals surface area contributed by atoms with Crippen LogP contribution in [0, 0.1) is 12.3 Å². The van der Waals surface area contributed by atoms with Crippen molar-refractivity contribution in [2.45, 2.75) is 24.5 Å². The number of nitrogens with zero attached hydrogens (tertiary/aromatic N) is 4. The molecule has 0 amide bonds. The maximum Gasteiger partial charge on any atom is 0.224 e. The number of rotatable bonds is 4. The Bertz CT molecular complexity index is 757. The van der Waals surface area contributed by atoms with Crippen LogP contribution in [0.3, 0.4) is 0 Å². The minimum absolute atomic E-state index is 0.0184. The van der Waals surface area contributed by atoms with E-state index in [1.54, 1.807) is 0 Å². The summed E-state index contributed by atoms with van der Waals surface area (Å²) in [7, 11) is 0. The molecule has 1 aliphatic heterocycles. The van der Waals surface area contributed by atoms with Gasteiger partial charge >= 0.3 is 0 Å². The molecule has 0 spiro atoms. The highest BCUT2D eigenvalue weighted by Crippen LogP contribution is 2.34. The number of aliphatic hydroxyl groups excluding tert-OH is 2. The first-order valence-electron chi connectivity index (χ1n) is 6.81. The second kappa shape index (κ2) is 5.98. The number of nitrogen functional groups attached to an aromatic ring is 2. The molecule has 2 aromatic heterocycles. The normalized spacial score (nSPS) is 27.3. The fourth-order valence-electron chi connectivity index (χ4n) is 2.56. The number of fused-ring (bicyclic) bond motifs is 1. The van der Waals surface area contributed by atoms with Crippen LogP contribution >= 0.6 is 0 Å². The average molecular weight is 320 g/mol. The van der Waals surface area contributed by atoms with E-state index in [0.717, 1.165) is 0 Å². The van der Waals surface area contributed by atoms with Gasteiger partial charge in [0, 0.05) is 0 Å². The van der Waals surface area contributed by atoms with E-state index >= 15 is 0 Å². The Balaban J connectivity index is 2.03. The molecule has 0 unspecified atom stereocenters. The zero-order valence-corrected chi connectivity index (χ0v) is 12.0. The van der Waals surface area contributed by atoms with Gasteiger partial charge in [0.15, 0.2) is 17.7 Å². The Kier molecular flexibility index (Phi) is 4.01. The molecule has 0 bridgehead atoms. The number of hydrogen-bond acceptors (Lipinski definition) is 9. The molecule has 0 saturated carbocycles. The maximum atomic E-state index is 10.2. The number of aliphatic hydroxyl groups is 2. The SMILES string of the molecule is C#CCO[C@@H]1[C@H](O)[C@@H](CO)O[C@H]1n1cnc2c(N)nc(N)nc21. The molecule has 3 heterocycles. The fraction of sp³-hybridized carbons (Fsp3) is 0.462. The van der Waals surface area contributed by atoms with Crippen molar-refractivity contribution in [3.8, 4) is 12.3 Å². The van der Waals surface area contributed by atoms with Gasteiger partial charge in [-0.1, -0.05) is 5.92 Å². The molecule has 4 atom stereocenters. The molecule has 10 heteroatoms. The predicted octanol–water partition coefficient (Wildman–Crippen LogP) is -1.74. The van der Waals surface area contributed by atoms with Gasteiger partial charge in [-0.05, 0) is 0 Å². The lowest BCUT2D eigenvalue weighted by Gasteiger charge is -2.21. The van der Waals surface area contributed by atoms with Gasteiger partial charge in [0.05, 0.1) is 12.9 Å². The smallest absolute Gasteiger partial charge is 0.224 e. The third-order valence-corrected chi connectivity index (χ3v) is 3.59. The Morgan fingerprint density at radius 3 is 2.91 bits per heavy atom. The van der Waals surface area contributed by atoms with Gasteiger partial charge in [0.25, 0.3) is 0 Å². The highest BCUT2D eigenvalue weighted by atomic mass is 16.6. The summed E-state index contributed by atoms with van der Waals surface area (Å²) in [6.07, 6.45) is 3.13. The first-order chi connectivity index (χ1) is 11.1. The van der Waals surface area contributed by atoms with E-state index in [-0.39, 0.29) is 25.0 Å². The number of ether oxygens (including phenoxy) is 2. The molecule has 10 nitrogen and oxygen atoms in total. The topological polar surface area (TPSA) is 155 Å². The van der Waals surface area contributed by atoms with Crippen molar-refractivity contribution in [3.05, 3.63) is 6.33 Å². The molecule has 0 radical (unpaired) electrons. The molecule has 0 aromatic carbocycles. The lowest BCUT2D eigenvalue weighted by Crippen LogP contribution is -2.35. The van der Waals surface area contributed by atoms with Crippen LogP contribution in [0.4, 0.5) is 11.8 Å². The third-order valence-electron chi connectivity index (χ3n) is 3.59. The molecular formula is C13H16N6O4. The van der Waals surface area contributed by atoms with Crippen LogP contribution in [0.2, 0.25) is 0 Å². The molecule has 0 aliphatic carbocycles. The molecule has 2 aromatic rings. The van der Waals surface area contributed by atoms with Crippen molar-refractivity contribution < 1.29 is 19.7 Å². The van der Waals surface area contributed by atoms with E-state index in [2.05, 4.69) is 20.9 Å². The van der Waals surface area contributed by atoms with E-state index in [4.69, 9.17) is 27.4 Å². The summed E-state index contributed by atoms with van der Waals surface area (Å²) < 4.78 is 12.6. The third kappa shape index (κ3) is 2.55. The molecule has 23 heavy (non-hydrogen) atoms. The summed E-state index contributed by atoms with van der Waals surface area (Å²) >= 11 is 0. The lowest BCUT2D eigenvalue weighted by molar-refractivity contribution is -0.0636. The Hall–Kier alpha value is -2.45. The van der Waals surface area contributed by atoms with Crippen LogP contribution in [0.5, 0.6) is 0 Å². The summed E-state index contributed by atoms with van der Waals surface area (Å²) in [4.78, 5) is 12.1. The second-order valence-corrected chi connectivity index (χ2v) is 5.01. The first-order valence-corrected chi connectivity index (χ1v) is 6.81. The van der Waals surface area contributed by atoms with Gasteiger partial charge in [-0.15, -0.1) is 6.42 Å². The Morgan fingerprint density at radius 1 is 1.43 bits per heavy atom. The number of terminal acetylenes is 1. The van der Waals surface area contributed by atoms with Crippen molar-refractivity contribution in [3.63, 3.8) is 0 Å². The molecule has 122 valence electrons. The number of hydrogen-bond donors (Lipinski definition) is 4. The first kappa shape index (κ1) is 15.4. The summed E-state index contributed by atoms with van der Waals surface area (Å²) in [5.41, 5.74) is 12.1. The van der Waals surface area contributed by atoms with E-state index in [1.807, 2.05) is 0 Å². The maximum absolute atomic E-state index is 10.2. The van der Waals surface area contributed by atoms with Crippen LogP contribution in [0.15, 0.2) is 6.33 Å². The van der Waals surface area contributed by atoms with Crippen molar-refractivity contribution in [2.24, 2.45) is 0 Å². The zero-order chi connectivity index (χ0) is 16.6. The van der Waals surface area contributed by atoms with E-state index < -0.39 is 24.5 Å². The fourth-order valence-corrected chi connectivity index (χ4v) is 2.56. The van der Waals surface area contributed by atoms with Gasteiger partial charge in [-0.25, -0.2) is 4.98 Å². The van der Waals surface area contributed by atoms with E-state index in [9.17, 15) is 10.2 Å². The van der Waals surface area contributed by atoms with Gasteiger partial charge < -0.3 is 31.2 Å². The second-order valence-electron chi connectivity index (χ2n) is 5.01. The van der Waals surface area contributed by atoms with Gasteiger partial charge in [0.1, 0.15) is 30.4 Å². The predicted molar refractivity (Wildman–Crippen MR) is 79.7 cm³/mol. The van der Waals surface area contributed by atoms with E-state index in [0.29, 0.717) is 11.2 Å². The van der Waals surface area contributed by atoms with Crippen LogP contribution in [0.1, 0.15) is 6.23 Å². The summed E-state index contributed by atoms with van der Waals surface area (Å²) in [5, 5.41) is 19.6. The quantitative estimate of drug-likeness (QED) is 0.480. The summed E-state index contributed by atoms with van der Waals surface area (Å²) in [6.45, 7) is -0.398. The van der Waals surface area contributed by atoms with Crippen LogP contribution in [-0.2, 0) is 9.47 Å². The van der Waals surface area contributed by atoms with Crippen molar-refractivity contribution in [1.82, 2.24) is 19.5 Å². The number of anilines is 2. The minimum atomic E-state index is -1.06. The Labute approximate surface area is 131 Å². The van der Waals surface area contributed by atoms with Gasteiger partial charge in [-0.2, -0.15) is 9.97 Å². The molecule has 1 aliphatic rings. The molecule has 1 fully saturated rings. The number of imidazole rings is 1. The minimum Gasteiger partial charge on any atom is -0.394 e. The van der Waals surface area contributed by atoms with Crippen LogP contribution in [0.25, 0.3) is 11.2 Å². The summed E-state index contributed by atoms with van der Waals surface area (Å²) in [6, 6.07) is 0. The van der Waals surface area contributed by atoms with E-state index in [1.165, 1.54) is 10.9 Å². The largest absolute Gasteiger partial charge is 0.394 e.